The molecule has 1 aliphatic rings. The summed E-state index contributed by atoms with van der Waals surface area (Å²) in [6.07, 6.45) is 2.89. The van der Waals surface area contributed by atoms with Crippen LogP contribution in [0.2, 0.25) is 5.02 Å². The normalized spacial score (nSPS) is 20.9. The second-order valence-corrected chi connectivity index (χ2v) is 6.73. The van der Waals surface area contributed by atoms with Gasteiger partial charge in [0.15, 0.2) is 5.82 Å². The van der Waals surface area contributed by atoms with Gasteiger partial charge in [0.2, 0.25) is 10.0 Å². The standard InChI is InChI=1S/C11H17ClN4O3S/c1-7(10-3-2-4-19-10)16-20(17,18)8-5-9(12)11(15-13)14-6-8/h5-7,10,16H,2-4,13H2,1H3,(H,14,15). The zero-order valence-electron chi connectivity index (χ0n) is 11.0. The summed E-state index contributed by atoms with van der Waals surface area (Å²) >= 11 is 5.88. The van der Waals surface area contributed by atoms with Crippen LogP contribution in [-0.4, -0.2) is 32.2 Å². The molecule has 0 aliphatic carbocycles. The van der Waals surface area contributed by atoms with Gasteiger partial charge in [0, 0.05) is 18.8 Å². The maximum absolute atomic E-state index is 12.2. The van der Waals surface area contributed by atoms with Gasteiger partial charge in [0.1, 0.15) is 4.90 Å². The van der Waals surface area contributed by atoms with E-state index in [1.165, 1.54) is 12.3 Å². The first kappa shape index (κ1) is 15.5. The summed E-state index contributed by atoms with van der Waals surface area (Å²) in [6, 6.07) is 0.988. The summed E-state index contributed by atoms with van der Waals surface area (Å²) in [6.45, 7) is 2.44. The van der Waals surface area contributed by atoms with E-state index in [1.807, 2.05) is 0 Å². The number of rotatable bonds is 5. The van der Waals surface area contributed by atoms with Crippen LogP contribution >= 0.6 is 11.6 Å². The molecule has 0 aromatic carbocycles. The van der Waals surface area contributed by atoms with Gasteiger partial charge in [-0.25, -0.2) is 24.0 Å². The van der Waals surface area contributed by atoms with E-state index in [2.05, 4.69) is 15.1 Å². The number of ether oxygens (including phenoxy) is 1. The number of hydrazine groups is 1. The van der Waals surface area contributed by atoms with E-state index >= 15 is 0 Å². The lowest BCUT2D eigenvalue weighted by molar-refractivity contribution is 0.0902. The van der Waals surface area contributed by atoms with Crippen LogP contribution in [-0.2, 0) is 14.8 Å². The number of nitrogens with one attached hydrogen (secondary N) is 2. The smallest absolute Gasteiger partial charge is 0.242 e. The number of hydrogen-bond acceptors (Lipinski definition) is 6. The number of sulfonamides is 1. The monoisotopic (exact) mass is 320 g/mol. The van der Waals surface area contributed by atoms with Crippen molar-refractivity contribution in [2.24, 2.45) is 5.84 Å². The maximum atomic E-state index is 12.2. The Balaban J connectivity index is 2.15. The Bertz CT molecular complexity index is 575. The van der Waals surface area contributed by atoms with E-state index in [-0.39, 0.29) is 27.9 Å². The van der Waals surface area contributed by atoms with Crippen LogP contribution < -0.4 is 16.0 Å². The number of aromatic nitrogens is 1. The summed E-state index contributed by atoms with van der Waals surface area (Å²) in [5.41, 5.74) is 2.28. The Morgan fingerprint density at radius 2 is 2.35 bits per heavy atom. The molecule has 2 unspecified atom stereocenters. The summed E-state index contributed by atoms with van der Waals surface area (Å²) < 4.78 is 32.5. The first-order chi connectivity index (χ1) is 9.44. The molecule has 0 radical (unpaired) electrons. The molecular formula is C11H17ClN4O3S. The average molecular weight is 321 g/mol. The maximum Gasteiger partial charge on any atom is 0.242 e. The molecule has 0 amide bonds. The molecule has 1 saturated heterocycles. The van der Waals surface area contributed by atoms with Crippen molar-refractivity contribution in [2.45, 2.75) is 36.8 Å². The summed E-state index contributed by atoms with van der Waals surface area (Å²) in [7, 11) is -3.69. The van der Waals surface area contributed by atoms with Gasteiger partial charge in [-0.1, -0.05) is 11.6 Å². The molecule has 2 atom stereocenters. The van der Waals surface area contributed by atoms with E-state index in [0.29, 0.717) is 6.61 Å². The molecular weight excluding hydrogens is 304 g/mol. The molecule has 9 heteroatoms. The summed E-state index contributed by atoms with van der Waals surface area (Å²) in [5.74, 6) is 5.41. The molecule has 4 N–H and O–H groups in total. The largest absolute Gasteiger partial charge is 0.377 e. The molecule has 1 aromatic rings. The van der Waals surface area contributed by atoms with Crippen molar-refractivity contribution in [1.82, 2.24) is 9.71 Å². The molecule has 2 heterocycles. The topological polar surface area (TPSA) is 106 Å². The van der Waals surface area contributed by atoms with Gasteiger partial charge in [0.05, 0.1) is 11.1 Å². The summed E-state index contributed by atoms with van der Waals surface area (Å²) in [4.78, 5) is 3.84. The third-order valence-corrected chi connectivity index (χ3v) is 4.94. The minimum atomic E-state index is -3.69. The number of anilines is 1. The van der Waals surface area contributed by atoms with Crippen LogP contribution in [0.5, 0.6) is 0 Å². The number of halogens is 1. The van der Waals surface area contributed by atoms with Crippen molar-refractivity contribution < 1.29 is 13.2 Å². The van der Waals surface area contributed by atoms with Gasteiger partial charge < -0.3 is 10.2 Å². The number of pyridine rings is 1. The first-order valence-electron chi connectivity index (χ1n) is 6.20. The molecule has 0 bridgehead atoms. The molecule has 1 fully saturated rings. The fourth-order valence-corrected chi connectivity index (χ4v) is 3.59. The SMILES string of the molecule is CC(NS(=O)(=O)c1cnc(NN)c(Cl)c1)C1CCCO1. The molecule has 1 aliphatic heterocycles. The second-order valence-electron chi connectivity index (χ2n) is 4.61. The second kappa shape index (κ2) is 6.23. The lowest BCUT2D eigenvalue weighted by Crippen LogP contribution is -2.40. The predicted octanol–water partition coefficient (Wildman–Crippen LogP) is 0.866. The Morgan fingerprint density at radius 1 is 1.60 bits per heavy atom. The Kier molecular flexibility index (Phi) is 4.82. The average Bonchev–Trinajstić information content (AvgIpc) is 2.92. The highest BCUT2D eigenvalue weighted by atomic mass is 35.5. The minimum Gasteiger partial charge on any atom is -0.377 e. The van der Waals surface area contributed by atoms with E-state index < -0.39 is 10.0 Å². The summed E-state index contributed by atoms with van der Waals surface area (Å²) in [5, 5.41) is 0.139. The van der Waals surface area contributed by atoms with Gasteiger partial charge in [0.25, 0.3) is 0 Å². The van der Waals surface area contributed by atoms with E-state index in [9.17, 15) is 8.42 Å². The Hall–Kier alpha value is -0.930. The number of nitrogens with two attached hydrogens (primary N) is 1. The van der Waals surface area contributed by atoms with Crippen LogP contribution in [0.25, 0.3) is 0 Å². The predicted molar refractivity (Wildman–Crippen MR) is 75.8 cm³/mol. The molecule has 1 aromatic heterocycles. The van der Waals surface area contributed by atoms with Crippen molar-refractivity contribution in [3.8, 4) is 0 Å². The van der Waals surface area contributed by atoms with E-state index in [4.69, 9.17) is 22.2 Å². The van der Waals surface area contributed by atoms with Crippen LogP contribution in [0.4, 0.5) is 5.82 Å². The molecule has 0 spiro atoms. The quantitative estimate of drug-likeness (QED) is 0.549. The minimum absolute atomic E-state index is 0.00801. The fraction of sp³-hybridized carbons (Fsp3) is 0.545. The van der Waals surface area contributed by atoms with Gasteiger partial charge in [-0.2, -0.15) is 0 Å². The van der Waals surface area contributed by atoms with Crippen molar-refractivity contribution in [1.29, 1.82) is 0 Å². The van der Waals surface area contributed by atoms with Crippen LogP contribution in [0.1, 0.15) is 19.8 Å². The lowest BCUT2D eigenvalue weighted by atomic mass is 10.1. The molecule has 20 heavy (non-hydrogen) atoms. The number of hydrogen-bond donors (Lipinski definition) is 3. The lowest BCUT2D eigenvalue weighted by Gasteiger charge is -2.20. The van der Waals surface area contributed by atoms with Crippen molar-refractivity contribution in [3.05, 3.63) is 17.3 Å². The van der Waals surface area contributed by atoms with Crippen LogP contribution in [0.15, 0.2) is 17.2 Å². The van der Waals surface area contributed by atoms with Crippen LogP contribution in [0.3, 0.4) is 0 Å². The zero-order valence-corrected chi connectivity index (χ0v) is 12.5. The highest BCUT2D eigenvalue weighted by Gasteiger charge is 2.27. The molecule has 112 valence electrons. The number of nitrogen functional groups attached to an aromatic ring is 1. The molecule has 7 nitrogen and oxygen atoms in total. The van der Waals surface area contributed by atoms with E-state index in [1.54, 1.807) is 6.92 Å². The van der Waals surface area contributed by atoms with Gasteiger partial charge in [-0.05, 0) is 25.8 Å². The third kappa shape index (κ3) is 3.39. The Labute approximate surface area is 122 Å². The third-order valence-electron chi connectivity index (χ3n) is 3.13. The molecule has 2 rings (SSSR count). The van der Waals surface area contributed by atoms with Crippen molar-refractivity contribution in [3.63, 3.8) is 0 Å². The molecule has 0 saturated carbocycles. The van der Waals surface area contributed by atoms with E-state index in [0.717, 1.165) is 12.8 Å². The zero-order chi connectivity index (χ0) is 14.8. The van der Waals surface area contributed by atoms with Gasteiger partial charge in [-0.3, -0.25) is 0 Å². The Morgan fingerprint density at radius 3 is 2.90 bits per heavy atom. The van der Waals surface area contributed by atoms with Crippen molar-refractivity contribution in [2.75, 3.05) is 12.0 Å². The highest BCUT2D eigenvalue weighted by Crippen LogP contribution is 2.22. The van der Waals surface area contributed by atoms with Gasteiger partial charge >= 0.3 is 0 Å². The number of nitrogens with zero attached hydrogens (tertiary/aromatic N) is 1. The highest BCUT2D eigenvalue weighted by molar-refractivity contribution is 7.89. The van der Waals surface area contributed by atoms with Crippen LogP contribution in [0, 0.1) is 0 Å². The van der Waals surface area contributed by atoms with Crippen molar-refractivity contribution >= 4 is 27.4 Å². The van der Waals surface area contributed by atoms with Gasteiger partial charge in [-0.15, -0.1) is 0 Å². The fourth-order valence-electron chi connectivity index (χ4n) is 2.06. The first-order valence-corrected chi connectivity index (χ1v) is 8.06.